The van der Waals surface area contributed by atoms with Crippen molar-refractivity contribution < 1.29 is 14.4 Å². The van der Waals surface area contributed by atoms with Crippen molar-refractivity contribution in [3.05, 3.63) is 39.8 Å². The maximum Gasteiger partial charge on any atom is 0.286 e. The molecule has 1 atom stereocenters. The summed E-state index contributed by atoms with van der Waals surface area (Å²) in [7, 11) is 0. The van der Waals surface area contributed by atoms with Crippen LogP contribution in [0.1, 0.15) is 51.9 Å². The number of hydrogen-bond donors (Lipinski definition) is 2. The van der Waals surface area contributed by atoms with Crippen LogP contribution in [0.4, 0.5) is 5.69 Å². The number of carbonyl (C=O) groups is 3. The highest BCUT2D eigenvalue weighted by Crippen LogP contribution is 2.21. The van der Waals surface area contributed by atoms with Crippen molar-refractivity contribution in [2.24, 2.45) is 5.92 Å². The second kappa shape index (κ2) is 11.9. The minimum absolute atomic E-state index is 0.0184. The van der Waals surface area contributed by atoms with Crippen LogP contribution in [0.2, 0.25) is 0 Å². The summed E-state index contributed by atoms with van der Waals surface area (Å²) in [6.07, 6.45) is 1.50. The van der Waals surface area contributed by atoms with E-state index < -0.39 is 5.91 Å². The van der Waals surface area contributed by atoms with Gasteiger partial charge in [-0.3, -0.25) is 14.4 Å². The number of aromatic nitrogens is 2. The van der Waals surface area contributed by atoms with Crippen LogP contribution in [-0.4, -0.2) is 77.0 Å². The van der Waals surface area contributed by atoms with E-state index in [1.807, 2.05) is 19.1 Å². The lowest BCUT2D eigenvalue weighted by molar-refractivity contribution is -0.126. The van der Waals surface area contributed by atoms with E-state index >= 15 is 0 Å². The van der Waals surface area contributed by atoms with Crippen LogP contribution in [0, 0.1) is 12.8 Å². The fourth-order valence-corrected chi connectivity index (χ4v) is 4.46. The topological polar surface area (TPSA) is 108 Å². The third-order valence-corrected chi connectivity index (χ3v) is 6.72. The monoisotopic (exact) mass is 472 g/mol. The minimum atomic E-state index is -0.403. The van der Waals surface area contributed by atoms with Crippen molar-refractivity contribution in [3.63, 3.8) is 0 Å². The van der Waals surface area contributed by atoms with Gasteiger partial charge in [0.25, 0.3) is 11.8 Å². The Morgan fingerprint density at radius 1 is 1.12 bits per heavy atom. The predicted octanol–water partition coefficient (Wildman–Crippen LogP) is 2.41. The lowest BCUT2D eigenvalue weighted by Crippen LogP contribution is -2.46. The number of hydrogen-bond acceptors (Lipinski definition) is 7. The van der Waals surface area contributed by atoms with Gasteiger partial charge in [0.15, 0.2) is 0 Å². The smallest absolute Gasteiger partial charge is 0.286 e. The van der Waals surface area contributed by atoms with Gasteiger partial charge in [0, 0.05) is 31.9 Å². The van der Waals surface area contributed by atoms with Gasteiger partial charge in [-0.05, 0) is 45.0 Å². The van der Waals surface area contributed by atoms with E-state index in [2.05, 4.69) is 39.6 Å². The first-order chi connectivity index (χ1) is 15.9. The average Bonchev–Trinajstić information content (AvgIpc) is 3.33. The van der Waals surface area contributed by atoms with Gasteiger partial charge in [-0.2, -0.15) is 0 Å². The molecule has 0 spiro atoms. The molecule has 0 bridgehead atoms. The number of anilines is 1. The van der Waals surface area contributed by atoms with Crippen LogP contribution in [0.15, 0.2) is 24.3 Å². The largest absolute Gasteiger partial charge is 0.355 e. The van der Waals surface area contributed by atoms with Crippen molar-refractivity contribution in [2.45, 2.75) is 33.6 Å². The highest BCUT2D eigenvalue weighted by molar-refractivity contribution is 7.15. The number of rotatable bonds is 9. The van der Waals surface area contributed by atoms with Gasteiger partial charge in [-0.1, -0.05) is 42.9 Å². The fourth-order valence-electron chi connectivity index (χ4n) is 3.76. The number of nitrogens with one attached hydrogen (secondary N) is 2. The summed E-state index contributed by atoms with van der Waals surface area (Å²) in [4.78, 5) is 41.9. The van der Waals surface area contributed by atoms with Gasteiger partial charge < -0.3 is 20.4 Å². The first kappa shape index (κ1) is 24.8. The zero-order valence-corrected chi connectivity index (χ0v) is 20.3. The lowest BCUT2D eigenvalue weighted by atomic mass is 9.97. The molecule has 10 heteroatoms. The zero-order valence-electron chi connectivity index (χ0n) is 19.5. The summed E-state index contributed by atoms with van der Waals surface area (Å²) in [5.41, 5.74) is 1.74. The Hall–Kier alpha value is -2.85. The molecular weight excluding hydrogens is 440 g/mol. The number of likely N-dealkylation sites (tertiary alicyclic amines) is 1. The van der Waals surface area contributed by atoms with Gasteiger partial charge in [-0.25, -0.2) is 0 Å². The number of nitrogens with zero attached hydrogens (tertiary/aromatic N) is 4. The molecule has 0 unspecified atom stereocenters. The molecule has 1 saturated heterocycles. The molecular formula is C23H32N6O3S. The Morgan fingerprint density at radius 3 is 2.52 bits per heavy atom. The van der Waals surface area contributed by atoms with Crippen LogP contribution in [-0.2, 0) is 4.79 Å². The van der Waals surface area contributed by atoms with Crippen LogP contribution >= 0.6 is 11.3 Å². The number of amides is 3. The van der Waals surface area contributed by atoms with Crippen molar-refractivity contribution in [1.29, 1.82) is 0 Å². The molecule has 178 valence electrons. The first-order valence-electron chi connectivity index (χ1n) is 11.4. The van der Waals surface area contributed by atoms with Gasteiger partial charge >= 0.3 is 0 Å². The van der Waals surface area contributed by atoms with Gasteiger partial charge in [-0.15, -0.1) is 10.2 Å². The lowest BCUT2D eigenvalue weighted by Gasteiger charge is -2.31. The molecule has 1 fully saturated rings. The summed E-state index contributed by atoms with van der Waals surface area (Å²) in [5, 5.41) is 13.9. The van der Waals surface area contributed by atoms with Crippen molar-refractivity contribution in [2.75, 3.05) is 44.6 Å². The van der Waals surface area contributed by atoms with Gasteiger partial charge in [0.1, 0.15) is 0 Å². The summed E-state index contributed by atoms with van der Waals surface area (Å²) in [6, 6.07) is 7.41. The Morgan fingerprint density at radius 2 is 1.82 bits per heavy atom. The fraction of sp³-hybridized carbons (Fsp3) is 0.522. The SMILES string of the molecule is CCN(CC)CCNC(=O)[C@H]1CCCN(C(=O)c2nnc(C(=O)Nc3ccc(C)cc3)s2)C1. The highest BCUT2D eigenvalue weighted by atomic mass is 32.1. The Kier molecular flexibility index (Phi) is 8.90. The van der Waals surface area contributed by atoms with Crippen LogP contribution in [0.25, 0.3) is 0 Å². The molecule has 2 heterocycles. The standard InChI is InChI=1S/C23H32N6O3S/c1-4-28(5-2)14-12-24-19(30)17-7-6-13-29(15-17)23(32)22-27-26-21(33-22)20(31)25-18-10-8-16(3)9-11-18/h8-11,17H,4-7,12-15H2,1-3H3,(H,24,30)(H,25,31)/t17-/m0/s1. The number of aryl methyl sites for hydroxylation is 1. The molecule has 0 radical (unpaired) electrons. The number of carbonyl (C=O) groups excluding carboxylic acids is 3. The molecule has 1 aromatic carbocycles. The van der Waals surface area contributed by atoms with E-state index in [9.17, 15) is 14.4 Å². The molecule has 3 amide bonds. The summed E-state index contributed by atoms with van der Waals surface area (Å²) >= 11 is 0.965. The second-order valence-electron chi connectivity index (χ2n) is 8.14. The molecule has 2 N–H and O–H groups in total. The Balaban J connectivity index is 1.54. The molecule has 3 rings (SSSR count). The molecule has 33 heavy (non-hydrogen) atoms. The van der Waals surface area contributed by atoms with E-state index in [0.717, 1.165) is 49.4 Å². The third kappa shape index (κ3) is 6.82. The normalized spacial score (nSPS) is 16.0. The number of benzene rings is 1. The second-order valence-corrected chi connectivity index (χ2v) is 9.12. The summed E-state index contributed by atoms with van der Waals surface area (Å²) in [5.74, 6) is -0.950. The van der Waals surface area contributed by atoms with E-state index in [-0.39, 0.29) is 27.7 Å². The molecule has 1 aliphatic rings. The van der Waals surface area contributed by atoms with E-state index in [0.29, 0.717) is 25.3 Å². The van der Waals surface area contributed by atoms with E-state index in [1.165, 1.54) is 0 Å². The molecule has 0 aliphatic carbocycles. The Bertz CT molecular complexity index is 957. The van der Waals surface area contributed by atoms with Crippen LogP contribution < -0.4 is 10.6 Å². The highest BCUT2D eigenvalue weighted by Gasteiger charge is 2.30. The van der Waals surface area contributed by atoms with Crippen molar-refractivity contribution in [1.82, 2.24) is 25.3 Å². The molecule has 9 nitrogen and oxygen atoms in total. The average molecular weight is 473 g/mol. The van der Waals surface area contributed by atoms with E-state index in [4.69, 9.17) is 0 Å². The number of piperidine rings is 1. The quantitative estimate of drug-likeness (QED) is 0.580. The third-order valence-electron chi connectivity index (χ3n) is 5.81. The number of likely N-dealkylation sites (N-methyl/N-ethyl adjacent to an activating group) is 1. The molecule has 1 aliphatic heterocycles. The maximum absolute atomic E-state index is 12.9. The zero-order chi connectivity index (χ0) is 23.8. The van der Waals surface area contributed by atoms with E-state index in [1.54, 1.807) is 17.0 Å². The molecule has 2 aromatic rings. The predicted molar refractivity (Wildman–Crippen MR) is 128 cm³/mol. The first-order valence-corrected chi connectivity index (χ1v) is 12.2. The summed E-state index contributed by atoms with van der Waals surface area (Å²) < 4.78 is 0. The molecule has 1 aromatic heterocycles. The summed E-state index contributed by atoms with van der Waals surface area (Å²) in [6.45, 7) is 10.4. The van der Waals surface area contributed by atoms with Crippen LogP contribution in [0.5, 0.6) is 0 Å². The van der Waals surface area contributed by atoms with Crippen molar-refractivity contribution in [3.8, 4) is 0 Å². The van der Waals surface area contributed by atoms with Gasteiger partial charge in [0.2, 0.25) is 15.9 Å². The Labute approximate surface area is 198 Å². The molecule has 0 saturated carbocycles. The van der Waals surface area contributed by atoms with Gasteiger partial charge in [0.05, 0.1) is 5.92 Å². The maximum atomic E-state index is 12.9. The minimum Gasteiger partial charge on any atom is -0.355 e. The van der Waals surface area contributed by atoms with Crippen molar-refractivity contribution >= 4 is 34.7 Å². The van der Waals surface area contributed by atoms with Crippen LogP contribution in [0.3, 0.4) is 0 Å².